The molecule has 0 atom stereocenters. The lowest BCUT2D eigenvalue weighted by Gasteiger charge is -1.99. The first-order valence-corrected chi connectivity index (χ1v) is 4.55. The summed E-state index contributed by atoms with van der Waals surface area (Å²) in [5, 5.41) is 12.2. The number of aromatic nitrogens is 2. The normalized spacial score (nSPS) is 10.7. The van der Waals surface area contributed by atoms with Gasteiger partial charge in [-0.15, -0.1) is 0 Å². The molecule has 0 saturated heterocycles. The summed E-state index contributed by atoms with van der Waals surface area (Å²) < 4.78 is 30.7. The van der Waals surface area contributed by atoms with Gasteiger partial charge in [0.15, 0.2) is 5.82 Å². The fourth-order valence-corrected chi connectivity index (χ4v) is 1.28. The molecular weight excluding hydrogens is 218 g/mol. The van der Waals surface area contributed by atoms with Crippen LogP contribution < -0.4 is 0 Å². The Morgan fingerprint density at radius 3 is 2.81 bits per heavy atom. The van der Waals surface area contributed by atoms with Crippen LogP contribution in [0.1, 0.15) is 17.3 Å². The quantitative estimate of drug-likeness (QED) is 0.860. The molecule has 0 amide bonds. The van der Waals surface area contributed by atoms with E-state index < -0.39 is 11.6 Å². The van der Waals surface area contributed by atoms with Gasteiger partial charge >= 0.3 is 0 Å². The van der Waals surface area contributed by atoms with Crippen molar-refractivity contribution in [3.63, 3.8) is 0 Å². The minimum Gasteiger partial charge on any atom is -0.387 e. The van der Waals surface area contributed by atoms with Crippen LogP contribution in [0, 0.1) is 11.6 Å². The topological polar surface area (TPSA) is 59.2 Å². The molecular formula is C10H8F2N2O2. The summed E-state index contributed by atoms with van der Waals surface area (Å²) in [6.07, 6.45) is 0.0209. The minimum absolute atomic E-state index is 0.0209. The predicted molar refractivity (Wildman–Crippen MR) is 49.4 cm³/mol. The van der Waals surface area contributed by atoms with Gasteiger partial charge in [-0.2, -0.15) is 4.98 Å². The molecule has 0 aliphatic heterocycles. The second-order valence-corrected chi connectivity index (χ2v) is 3.17. The van der Waals surface area contributed by atoms with Gasteiger partial charge in [0.1, 0.15) is 18.2 Å². The highest BCUT2D eigenvalue weighted by atomic mass is 19.1. The molecule has 2 rings (SSSR count). The average molecular weight is 226 g/mol. The van der Waals surface area contributed by atoms with Crippen LogP contribution in [-0.4, -0.2) is 15.2 Å². The molecule has 6 heteroatoms. The predicted octanol–water partition coefficient (Wildman–Crippen LogP) is 1.43. The molecule has 1 aromatic carbocycles. The Hall–Kier alpha value is -1.82. The van der Waals surface area contributed by atoms with Crippen molar-refractivity contribution in [1.29, 1.82) is 0 Å². The molecule has 0 unspecified atom stereocenters. The zero-order valence-corrected chi connectivity index (χ0v) is 8.15. The van der Waals surface area contributed by atoms with E-state index in [2.05, 4.69) is 14.7 Å². The van der Waals surface area contributed by atoms with Crippen LogP contribution in [0.25, 0.3) is 0 Å². The third-order valence-corrected chi connectivity index (χ3v) is 2.00. The summed E-state index contributed by atoms with van der Waals surface area (Å²) in [4.78, 5) is 3.78. The average Bonchev–Trinajstić information content (AvgIpc) is 2.71. The molecule has 0 bridgehead atoms. The van der Waals surface area contributed by atoms with Gasteiger partial charge in [-0.1, -0.05) is 5.16 Å². The summed E-state index contributed by atoms with van der Waals surface area (Å²) in [6, 6.07) is 3.15. The molecule has 0 saturated carbocycles. The molecule has 0 fully saturated rings. The fraction of sp³-hybridized carbons (Fsp3) is 0.200. The van der Waals surface area contributed by atoms with Crippen molar-refractivity contribution in [2.45, 2.75) is 13.0 Å². The van der Waals surface area contributed by atoms with Crippen LogP contribution in [0.4, 0.5) is 8.78 Å². The Bertz CT molecular complexity index is 499. The zero-order chi connectivity index (χ0) is 11.5. The molecule has 0 aliphatic rings. The first-order chi connectivity index (χ1) is 7.69. The van der Waals surface area contributed by atoms with Crippen molar-refractivity contribution in [3.05, 3.63) is 47.1 Å². The highest BCUT2D eigenvalue weighted by Gasteiger charge is 2.10. The summed E-state index contributed by atoms with van der Waals surface area (Å²) >= 11 is 0. The molecule has 1 N–H and O–H groups in total. The Morgan fingerprint density at radius 2 is 2.12 bits per heavy atom. The lowest BCUT2D eigenvalue weighted by atomic mass is 10.1. The number of hydrogen-bond acceptors (Lipinski definition) is 4. The van der Waals surface area contributed by atoms with E-state index in [1.54, 1.807) is 0 Å². The monoisotopic (exact) mass is 226 g/mol. The second-order valence-electron chi connectivity index (χ2n) is 3.17. The van der Waals surface area contributed by atoms with E-state index in [1.807, 2.05) is 0 Å². The van der Waals surface area contributed by atoms with E-state index in [0.717, 1.165) is 18.2 Å². The first-order valence-electron chi connectivity index (χ1n) is 4.55. The molecule has 0 radical (unpaired) electrons. The number of rotatable bonds is 3. The maximum atomic E-state index is 13.2. The highest BCUT2D eigenvalue weighted by Crippen LogP contribution is 2.13. The summed E-state index contributed by atoms with van der Waals surface area (Å²) in [7, 11) is 0. The molecule has 1 aromatic heterocycles. The van der Waals surface area contributed by atoms with Crippen LogP contribution >= 0.6 is 0 Å². The summed E-state index contributed by atoms with van der Waals surface area (Å²) in [5.41, 5.74) is 0.144. The number of hydrogen-bond donors (Lipinski definition) is 1. The van der Waals surface area contributed by atoms with Crippen LogP contribution in [0.3, 0.4) is 0 Å². The molecule has 4 nitrogen and oxygen atoms in total. The highest BCUT2D eigenvalue weighted by molar-refractivity contribution is 5.21. The zero-order valence-electron chi connectivity index (χ0n) is 8.15. The number of aliphatic hydroxyl groups is 1. The van der Waals surface area contributed by atoms with Crippen LogP contribution in [-0.2, 0) is 13.0 Å². The smallest absolute Gasteiger partial charge is 0.252 e. The molecule has 84 valence electrons. The van der Waals surface area contributed by atoms with E-state index >= 15 is 0 Å². The van der Waals surface area contributed by atoms with E-state index in [4.69, 9.17) is 5.11 Å². The summed E-state index contributed by atoms with van der Waals surface area (Å²) in [5.74, 6) is -0.806. The lowest BCUT2D eigenvalue weighted by Crippen LogP contribution is -1.96. The fourth-order valence-electron chi connectivity index (χ4n) is 1.28. The Morgan fingerprint density at radius 1 is 1.31 bits per heavy atom. The van der Waals surface area contributed by atoms with Gasteiger partial charge in [-0.25, -0.2) is 8.78 Å². The van der Waals surface area contributed by atoms with Crippen molar-refractivity contribution >= 4 is 0 Å². The standard InChI is InChI=1S/C10H8F2N2O2/c11-7-1-2-8(12)6(3-7)4-9-13-10(5-15)16-14-9/h1-3,15H,4-5H2. The SMILES string of the molecule is OCc1nc(Cc2cc(F)ccc2F)no1. The van der Waals surface area contributed by atoms with Crippen LogP contribution in [0.2, 0.25) is 0 Å². The van der Waals surface area contributed by atoms with Crippen molar-refractivity contribution in [1.82, 2.24) is 10.1 Å². The minimum atomic E-state index is -0.531. The summed E-state index contributed by atoms with van der Waals surface area (Å²) in [6.45, 7) is -0.376. The molecule has 0 spiro atoms. The van der Waals surface area contributed by atoms with E-state index in [-0.39, 0.29) is 30.3 Å². The van der Waals surface area contributed by atoms with Crippen LogP contribution in [0.5, 0.6) is 0 Å². The number of aliphatic hydroxyl groups excluding tert-OH is 1. The molecule has 16 heavy (non-hydrogen) atoms. The molecule has 0 aliphatic carbocycles. The second kappa shape index (κ2) is 4.36. The third-order valence-electron chi connectivity index (χ3n) is 2.00. The van der Waals surface area contributed by atoms with Gasteiger partial charge in [0.25, 0.3) is 5.89 Å². The van der Waals surface area contributed by atoms with Crippen molar-refractivity contribution in [2.75, 3.05) is 0 Å². The largest absolute Gasteiger partial charge is 0.387 e. The van der Waals surface area contributed by atoms with E-state index in [0.29, 0.717) is 0 Å². The van der Waals surface area contributed by atoms with E-state index in [1.165, 1.54) is 0 Å². The van der Waals surface area contributed by atoms with Gasteiger partial charge in [-0.05, 0) is 23.8 Å². The van der Waals surface area contributed by atoms with Crippen molar-refractivity contribution < 1.29 is 18.4 Å². The Kier molecular flexibility index (Phi) is 2.91. The number of nitrogens with zero attached hydrogens (tertiary/aromatic N) is 2. The molecule has 2 aromatic rings. The maximum Gasteiger partial charge on any atom is 0.252 e. The molecule has 1 heterocycles. The van der Waals surface area contributed by atoms with Gasteiger partial charge < -0.3 is 9.63 Å². The van der Waals surface area contributed by atoms with Gasteiger partial charge in [0.05, 0.1) is 0 Å². The Balaban J connectivity index is 2.22. The first kappa shape index (κ1) is 10.7. The number of benzene rings is 1. The van der Waals surface area contributed by atoms with Gasteiger partial charge in [0.2, 0.25) is 0 Å². The Labute approximate surface area is 89.5 Å². The van der Waals surface area contributed by atoms with Gasteiger partial charge in [-0.3, -0.25) is 0 Å². The maximum absolute atomic E-state index is 13.2. The van der Waals surface area contributed by atoms with Crippen LogP contribution in [0.15, 0.2) is 22.7 Å². The van der Waals surface area contributed by atoms with E-state index in [9.17, 15) is 8.78 Å². The lowest BCUT2D eigenvalue weighted by molar-refractivity contribution is 0.222. The van der Waals surface area contributed by atoms with Crippen molar-refractivity contribution in [3.8, 4) is 0 Å². The van der Waals surface area contributed by atoms with Gasteiger partial charge in [0, 0.05) is 6.42 Å². The van der Waals surface area contributed by atoms with Crippen molar-refractivity contribution in [2.24, 2.45) is 0 Å². The number of halogens is 2. The third kappa shape index (κ3) is 2.22.